The van der Waals surface area contributed by atoms with Crippen molar-refractivity contribution >= 4 is 5.97 Å². The standard InChI is InChI=1S/C9H16N2O4/c1-8(3-2-6-12)9(13)15-11(14)5-4-10-7-11/h3,10,12H,2,4-7H2,1H3. The summed E-state index contributed by atoms with van der Waals surface area (Å²) in [7, 11) is 0. The van der Waals surface area contributed by atoms with Gasteiger partial charge in [-0.3, -0.25) is 10.2 Å². The second-order valence-electron chi connectivity index (χ2n) is 3.47. The zero-order valence-corrected chi connectivity index (χ0v) is 8.73. The van der Waals surface area contributed by atoms with Crippen LogP contribution in [0.25, 0.3) is 0 Å². The number of nitrogens with zero attached hydrogens (tertiary/aromatic N) is 1. The molecule has 1 atom stereocenters. The first-order valence-corrected chi connectivity index (χ1v) is 4.88. The van der Waals surface area contributed by atoms with Crippen molar-refractivity contribution in [3.05, 3.63) is 16.9 Å². The van der Waals surface area contributed by atoms with Gasteiger partial charge in [0.2, 0.25) is 0 Å². The summed E-state index contributed by atoms with van der Waals surface area (Å²) >= 11 is 0. The minimum absolute atomic E-state index is 0.0243. The van der Waals surface area contributed by atoms with E-state index in [1.165, 1.54) is 0 Å². The smallest absolute Gasteiger partial charge is 0.393 e. The van der Waals surface area contributed by atoms with Crippen molar-refractivity contribution in [1.82, 2.24) is 5.32 Å². The van der Waals surface area contributed by atoms with Gasteiger partial charge in [-0.25, -0.2) is 4.79 Å². The molecule has 2 N–H and O–H groups in total. The second-order valence-corrected chi connectivity index (χ2v) is 3.47. The predicted molar refractivity (Wildman–Crippen MR) is 52.9 cm³/mol. The van der Waals surface area contributed by atoms with Crippen LogP contribution in [-0.4, -0.2) is 42.3 Å². The molecule has 0 aromatic carbocycles. The quantitative estimate of drug-likeness (QED) is 0.381. The number of quaternary nitrogens is 1. The van der Waals surface area contributed by atoms with Gasteiger partial charge in [0.15, 0.2) is 6.67 Å². The van der Waals surface area contributed by atoms with E-state index in [1.54, 1.807) is 13.0 Å². The molecule has 1 unspecified atom stereocenters. The largest absolute Gasteiger partial charge is 0.588 e. The van der Waals surface area contributed by atoms with Crippen LogP contribution in [0.3, 0.4) is 0 Å². The van der Waals surface area contributed by atoms with Gasteiger partial charge in [0.1, 0.15) is 6.54 Å². The van der Waals surface area contributed by atoms with Crippen LogP contribution in [0, 0.1) is 5.21 Å². The molecule has 0 amide bonds. The molecule has 0 saturated carbocycles. The minimum atomic E-state index is -0.969. The molecule has 1 heterocycles. The Bertz CT molecular complexity index is 259. The number of carbonyl (C=O) groups is 1. The molecule has 6 heteroatoms. The average molecular weight is 216 g/mol. The molecule has 1 fully saturated rings. The summed E-state index contributed by atoms with van der Waals surface area (Å²) in [6.07, 6.45) is 1.94. The minimum Gasteiger partial charge on any atom is -0.588 e. The molecule has 0 radical (unpaired) electrons. The van der Waals surface area contributed by atoms with Crippen LogP contribution in [0.15, 0.2) is 11.6 Å². The first-order valence-electron chi connectivity index (χ1n) is 4.88. The zero-order chi connectivity index (χ0) is 11.3. The van der Waals surface area contributed by atoms with E-state index in [2.05, 4.69) is 5.32 Å². The van der Waals surface area contributed by atoms with Crippen LogP contribution < -0.4 is 5.32 Å². The lowest BCUT2D eigenvalue weighted by molar-refractivity contribution is -1.04. The van der Waals surface area contributed by atoms with E-state index in [0.29, 0.717) is 18.5 Å². The van der Waals surface area contributed by atoms with E-state index in [9.17, 15) is 10.0 Å². The van der Waals surface area contributed by atoms with E-state index in [-0.39, 0.29) is 19.8 Å². The van der Waals surface area contributed by atoms with E-state index in [0.717, 1.165) is 0 Å². The highest BCUT2D eigenvalue weighted by Crippen LogP contribution is 2.11. The number of hydrogen-bond donors (Lipinski definition) is 2. The Balaban J connectivity index is 2.47. The lowest BCUT2D eigenvalue weighted by atomic mass is 10.2. The highest BCUT2D eigenvalue weighted by atomic mass is 16.9. The summed E-state index contributed by atoms with van der Waals surface area (Å²) in [5.41, 5.74) is 0.351. The van der Waals surface area contributed by atoms with Gasteiger partial charge in [-0.1, -0.05) is 6.08 Å². The monoisotopic (exact) mass is 216 g/mol. The van der Waals surface area contributed by atoms with Gasteiger partial charge in [-0.05, 0) is 13.3 Å². The van der Waals surface area contributed by atoms with Crippen molar-refractivity contribution in [2.45, 2.75) is 13.3 Å². The van der Waals surface area contributed by atoms with E-state index < -0.39 is 10.8 Å². The fourth-order valence-electron chi connectivity index (χ4n) is 1.24. The zero-order valence-electron chi connectivity index (χ0n) is 8.73. The van der Waals surface area contributed by atoms with Gasteiger partial charge < -0.3 is 10.3 Å². The average Bonchev–Trinajstić information content (AvgIpc) is 2.61. The van der Waals surface area contributed by atoms with Gasteiger partial charge in [0.05, 0.1) is 6.54 Å². The normalized spacial score (nSPS) is 26.7. The van der Waals surface area contributed by atoms with E-state index in [4.69, 9.17) is 9.94 Å². The molecule has 1 rings (SSSR count). The molecule has 15 heavy (non-hydrogen) atoms. The molecule has 1 aliphatic rings. The number of hydroxylamine groups is 4. The van der Waals surface area contributed by atoms with Crippen LogP contribution in [0.2, 0.25) is 0 Å². The lowest BCUT2D eigenvalue weighted by Gasteiger charge is -2.32. The number of hydrogen-bond acceptors (Lipinski definition) is 5. The Morgan fingerprint density at radius 2 is 2.47 bits per heavy atom. The summed E-state index contributed by atoms with van der Waals surface area (Å²) in [6.45, 7) is 2.42. The molecule has 0 bridgehead atoms. The van der Waals surface area contributed by atoms with Gasteiger partial charge >= 0.3 is 5.97 Å². The first-order chi connectivity index (χ1) is 7.07. The van der Waals surface area contributed by atoms with Gasteiger partial charge in [0, 0.05) is 12.2 Å². The molecule has 0 aromatic heterocycles. The van der Waals surface area contributed by atoms with Crippen LogP contribution >= 0.6 is 0 Å². The third-order valence-corrected chi connectivity index (χ3v) is 2.13. The number of aliphatic hydroxyl groups excluding tert-OH is 1. The number of rotatable bonds is 4. The Labute approximate surface area is 88.3 Å². The number of carbonyl (C=O) groups excluding carboxylic acids is 1. The molecule has 0 aromatic rings. The van der Waals surface area contributed by atoms with Crippen LogP contribution in [0.5, 0.6) is 0 Å². The summed E-state index contributed by atoms with van der Waals surface area (Å²) in [5.74, 6) is -0.623. The van der Waals surface area contributed by atoms with Crippen LogP contribution in [0.1, 0.15) is 13.3 Å². The van der Waals surface area contributed by atoms with Crippen molar-refractivity contribution < 1.29 is 19.5 Å². The van der Waals surface area contributed by atoms with Crippen molar-refractivity contribution in [2.75, 3.05) is 26.4 Å². The molecule has 86 valence electrons. The molecule has 0 spiro atoms. The SMILES string of the molecule is CC(=CCCO)C(=O)O[N+]1([O-])CCNC1. The third kappa shape index (κ3) is 3.60. The molecular formula is C9H16N2O4. The Kier molecular flexibility index (Phi) is 4.22. The highest BCUT2D eigenvalue weighted by molar-refractivity contribution is 5.87. The topological polar surface area (TPSA) is 81.6 Å². The highest BCUT2D eigenvalue weighted by Gasteiger charge is 2.28. The maximum Gasteiger partial charge on any atom is 0.393 e. The van der Waals surface area contributed by atoms with Crippen molar-refractivity contribution in [3.63, 3.8) is 0 Å². The van der Waals surface area contributed by atoms with E-state index in [1.807, 2.05) is 0 Å². The summed E-state index contributed by atoms with van der Waals surface area (Å²) < 4.78 is 0. The Morgan fingerprint density at radius 3 is 3.00 bits per heavy atom. The van der Waals surface area contributed by atoms with Crippen molar-refractivity contribution in [1.29, 1.82) is 0 Å². The summed E-state index contributed by atoms with van der Waals surface area (Å²) in [6, 6.07) is 0. The van der Waals surface area contributed by atoms with E-state index >= 15 is 0 Å². The van der Waals surface area contributed by atoms with Crippen molar-refractivity contribution in [2.24, 2.45) is 0 Å². The molecule has 1 saturated heterocycles. The Hall–Kier alpha value is -0.950. The third-order valence-electron chi connectivity index (χ3n) is 2.13. The predicted octanol–water partition coefficient (Wildman–Crippen LogP) is -0.351. The molecule has 6 nitrogen and oxygen atoms in total. The second kappa shape index (κ2) is 5.22. The maximum absolute atomic E-state index is 11.6. The van der Waals surface area contributed by atoms with Crippen molar-refractivity contribution in [3.8, 4) is 0 Å². The fourth-order valence-corrected chi connectivity index (χ4v) is 1.24. The van der Waals surface area contributed by atoms with Crippen LogP contribution in [-0.2, 0) is 9.63 Å². The Morgan fingerprint density at radius 1 is 1.73 bits per heavy atom. The summed E-state index contributed by atoms with van der Waals surface area (Å²) in [5, 5.41) is 23.0. The fraction of sp³-hybridized carbons (Fsp3) is 0.667. The van der Waals surface area contributed by atoms with Gasteiger partial charge in [-0.15, -0.1) is 4.81 Å². The number of aliphatic hydroxyl groups is 1. The molecule has 1 aliphatic heterocycles. The summed E-state index contributed by atoms with van der Waals surface area (Å²) in [4.78, 5) is 15.2. The van der Waals surface area contributed by atoms with Crippen LogP contribution in [0.4, 0.5) is 0 Å². The maximum atomic E-state index is 11.6. The number of nitrogens with one attached hydrogen (secondary N) is 1. The van der Waals surface area contributed by atoms with Gasteiger partial charge in [0.25, 0.3) is 0 Å². The van der Waals surface area contributed by atoms with Gasteiger partial charge in [-0.2, -0.15) is 0 Å². The lowest BCUT2D eigenvalue weighted by Crippen LogP contribution is -2.42. The first kappa shape index (κ1) is 12.1. The molecule has 0 aliphatic carbocycles. The molecular weight excluding hydrogens is 200 g/mol.